The van der Waals surface area contributed by atoms with Crippen molar-refractivity contribution in [2.45, 2.75) is 30.8 Å². The number of hydrogen-bond acceptors (Lipinski definition) is 3. The van der Waals surface area contributed by atoms with E-state index in [9.17, 15) is 17.9 Å². The zero-order valence-electron chi connectivity index (χ0n) is 14.0. The van der Waals surface area contributed by atoms with Gasteiger partial charge in [0.25, 0.3) is 10.0 Å². The topological polar surface area (TPSA) is 59.3 Å². The lowest BCUT2D eigenvalue weighted by Crippen LogP contribution is -2.14. The highest BCUT2D eigenvalue weighted by atomic mass is 32.2. The molecular formula is C20H18FNO3S. The molecule has 3 aromatic rings. The van der Waals surface area contributed by atoms with Gasteiger partial charge in [-0.2, -0.15) is 0 Å². The van der Waals surface area contributed by atoms with Crippen molar-refractivity contribution in [2.24, 2.45) is 0 Å². The lowest BCUT2D eigenvalue weighted by atomic mass is 10.0. The molecule has 0 radical (unpaired) electrons. The number of rotatable bonds is 3. The van der Waals surface area contributed by atoms with E-state index in [-0.39, 0.29) is 11.5 Å². The lowest BCUT2D eigenvalue weighted by molar-refractivity contribution is 0.281. The molecule has 0 bridgehead atoms. The Morgan fingerprint density at radius 1 is 1.08 bits per heavy atom. The summed E-state index contributed by atoms with van der Waals surface area (Å²) in [6, 6.07) is 12.7. The van der Waals surface area contributed by atoms with Gasteiger partial charge < -0.3 is 5.11 Å². The van der Waals surface area contributed by atoms with Crippen LogP contribution in [0.5, 0.6) is 0 Å². The number of aliphatic hydroxyl groups is 1. The number of aliphatic hydroxyl groups excluding tert-OH is 1. The minimum Gasteiger partial charge on any atom is -0.392 e. The molecule has 0 spiro atoms. The van der Waals surface area contributed by atoms with Crippen molar-refractivity contribution in [1.29, 1.82) is 0 Å². The summed E-state index contributed by atoms with van der Waals surface area (Å²) >= 11 is 0. The molecule has 0 aliphatic heterocycles. The summed E-state index contributed by atoms with van der Waals surface area (Å²) in [5, 5.41) is 9.76. The van der Waals surface area contributed by atoms with E-state index in [1.807, 2.05) is 24.3 Å². The van der Waals surface area contributed by atoms with Crippen molar-refractivity contribution in [1.82, 2.24) is 3.97 Å². The number of aryl methyl sites for hydroxylation is 1. The molecule has 1 aliphatic rings. The maximum Gasteiger partial charge on any atom is 0.268 e. The molecule has 4 nitrogen and oxygen atoms in total. The van der Waals surface area contributed by atoms with Gasteiger partial charge in [-0.3, -0.25) is 0 Å². The van der Waals surface area contributed by atoms with Gasteiger partial charge in [0.1, 0.15) is 5.82 Å². The van der Waals surface area contributed by atoms with E-state index >= 15 is 0 Å². The predicted octanol–water partition coefficient (Wildman–Crippen LogP) is 3.51. The summed E-state index contributed by atoms with van der Waals surface area (Å²) in [6.45, 7) is -0.240. The van der Waals surface area contributed by atoms with E-state index in [1.165, 1.54) is 28.4 Å². The Hall–Kier alpha value is -2.44. The third-order valence-electron chi connectivity index (χ3n) is 4.84. The maximum absolute atomic E-state index is 13.6. The Morgan fingerprint density at radius 2 is 1.88 bits per heavy atom. The third kappa shape index (κ3) is 2.66. The van der Waals surface area contributed by atoms with Crippen LogP contribution in [0.1, 0.15) is 23.1 Å². The second kappa shape index (κ2) is 6.37. The SMILES string of the molecule is O=S(=O)(c1cccc(F)c1)n1cc(CO)c2c1-c1ccccc1CCC2. The third-order valence-corrected chi connectivity index (χ3v) is 6.49. The van der Waals surface area contributed by atoms with Gasteiger partial charge in [-0.1, -0.05) is 30.3 Å². The average Bonchev–Trinajstić information content (AvgIpc) is 2.91. The van der Waals surface area contributed by atoms with Crippen LogP contribution in [0.4, 0.5) is 4.39 Å². The van der Waals surface area contributed by atoms with E-state index in [0.29, 0.717) is 17.7 Å². The molecule has 6 heteroatoms. The zero-order valence-corrected chi connectivity index (χ0v) is 14.8. The molecule has 0 unspecified atom stereocenters. The quantitative estimate of drug-likeness (QED) is 0.766. The molecule has 0 amide bonds. The van der Waals surface area contributed by atoms with Crippen molar-refractivity contribution in [3.63, 3.8) is 0 Å². The Labute approximate surface area is 151 Å². The summed E-state index contributed by atoms with van der Waals surface area (Å²) in [5.74, 6) is -0.605. The smallest absolute Gasteiger partial charge is 0.268 e. The van der Waals surface area contributed by atoms with Crippen molar-refractivity contribution >= 4 is 10.0 Å². The van der Waals surface area contributed by atoms with Crippen LogP contribution in [-0.2, 0) is 29.5 Å². The van der Waals surface area contributed by atoms with Gasteiger partial charge in [0.2, 0.25) is 0 Å². The number of hydrogen-bond donors (Lipinski definition) is 1. The highest BCUT2D eigenvalue weighted by Crippen LogP contribution is 2.37. The monoisotopic (exact) mass is 371 g/mol. The second-order valence-electron chi connectivity index (χ2n) is 6.41. The fraction of sp³-hybridized carbons (Fsp3) is 0.200. The average molecular weight is 371 g/mol. The summed E-state index contributed by atoms with van der Waals surface area (Å²) in [7, 11) is -3.99. The van der Waals surface area contributed by atoms with Gasteiger partial charge in [-0.05, 0) is 48.6 Å². The van der Waals surface area contributed by atoms with Crippen molar-refractivity contribution in [2.75, 3.05) is 0 Å². The highest BCUT2D eigenvalue weighted by molar-refractivity contribution is 7.90. The minimum atomic E-state index is -3.99. The first kappa shape index (κ1) is 17.0. The molecule has 0 saturated carbocycles. The summed E-state index contributed by atoms with van der Waals surface area (Å²) in [6.07, 6.45) is 3.87. The lowest BCUT2D eigenvalue weighted by Gasteiger charge is -2.13. The van der Waals surface area contributed by atoms with Crippen LogP contribution in [0, 0.1) is 5.82 Å². The van der Waals surface area contributed by atoms with Crippen LogP contribution in [0.2, 0.25) is 0 Å². The molecule has 0 saturated heterocycles. The summed E-state index contributed by atoms with van der Waals surface area (Å²) in [4.78, 5) is -0.110. The Kier molecular flexibility index (Phi) is 4.17. The highest BCUT2D eigenvalue weighted by Gasteiger charge is 2.28. The molecular weight excluding hydrogens is 353 g/mol. The molecule has 26 heavy (non-hydrogen) atoms. The standard InChI is InChI=1S/C20H18FNO3S/c21-16-7-4-8-17(11-16)26(24,25)22-12-15(13-23)19-10-3-6-14-5-1-2-9-18(14)20(19)22/h1-2,4-5,7-9,11-12,23H,3,6,10,13H2. The van der Waals surface area contributed by atoms with Gasteiger partial charge in [0, 0.05) is 17.3 Å². The molecule has 134 valence electrons. The van der Waals surface area contributed by atoms with E-state index < -0.39 is 15.8 Å². The van der Waals surface area contributed by atoms with Gasteiger partial charge in [-0.25, -0.2) is 16.8 Å². The van der Waals surface area contributed by atoms with Gasteiger partial charge in [0.05, 0.1) is 17.2 Å². The van der Waals surface area contributed by atoms with Crippen LogP contribution < -0.4 is 0 Å². The van der Waals surface area contributed by atoms with E-state index in [2.05, 4.69) is 0 Å². The van der Waals surface area contributed by atoms with Crippen molar-refractivity contribution in [3.8, 4) is 11.3 Å². The minimum absolute atomic E-state index is 0.110. The van der Waals surface area contributed by atoms with Crippen LogP contribution in [0.25, 0.3) is 11.3 Å². The fourth-order valence-corrected chi connectivity index (χ4v) is 5.08. The van der Waals surface area contributed by atoms with Gasteiger partial charge in [-0.15, -0.1) is 0 Å². The zero-order chi connectivity index (χ0) is 18.3. The molecule has 4 rings (SSSR count). The second-order valence-corrected chi connectivity index (χ2v) is 8.22. The van der Waals surface area contributed by atoms with Crippen LogP contribution in [-0.4, -0.2) is 17.5 Å². The normalized spacial score (nSPS) is 13.8. The fourth-order valence-electron chi connectivity index (χ4n) is 3.62. The van der Waals surface area contributed by atoms with Crippen molar-refractivity contribution < 1.29 is 17.9 Å². The first-order valence-electron chi connectivity index (χ1n) is 8.46. The van der Waals surface area contributed by atoms with Crippen LogP contribution in [0.3, 0.4) is 0 Å². The molecule has 1 aliphatic carbocycles. The van der Waals surface area contributed by atoms with Crippen LogP contribution in [0.15, 0.2) is 59.6 Å². The molecule has 2 aromatic carbocycles. The Balaban J connectivity index is 2.02. The number of fused-ring (bicyclic) bond motifs is 3. The predicted molar refractivity (Wildman–Crippen MR) is 96.8 cm³/mol. The largest absolute Gasteiger partial charge is 0.392 e. The Morgan fingerprint density at radius 3 is 2.65 bits per heavy atom. The maximum atomic E-state index is 13.6. The first-order chi connectivity index (χ1) is 12.5. The summed E-state index contributed by atoms with van der Waals surface area (Å²) < 4.78 is 41.3. The number of aromatic nitrogens is 1. The molecule has 1 N–H and O–H groups in total. The summed E-state index contributed by atoms with van der Waals surface area (Å²) in [5.41, 5.74) is 3.93. The molecule has 1 heterocycles. The van der Waals surface area contributed by atoms with Gasteiger partial charge in [0.15, 0.2) is 0 Å². The number of nitrogens with zero attached hydrogens (tertiary/aromatic N) is 1. The van der Waals surface area contributed by atoms with E-state index in [4.69, 9.17) is 0 Å². The van der Waals surface area contributed by atoms with E-state index in [1.54, 1.807) is 0 Å². The molecule has 1 aromatic heterocycles. The van der Waals surface area contributed by atoms with Crippen LogP contribution >= 0.6 is 0 Å². The number of halogens is 1. The van der Waals surface area contributed by atoms with Crippen molar-refractivity contribution in [3.05, 3.63) is 77.2 Å². The first-order valence-corrected chi connectivity index (χ1v) is 9.90. The number of benzene rings is 2. The van der Waals surface area contributed by atoms with E-state index in [0.717, 1.165) is 35.6 Å². The Bertz CT molecular complexity index is 1090. The molecule has 0 atom stereocenters. The van der Waals surface area contributed by atoms with Gasteiger partial charge >= 0.3 is 0 Å². The molecule has 0 fully saturated rings.